The summed E-state index contributed by atoms with van der Waals surface area (Å²) < 4.78 is 0. The minimum Gasteiger partial charge on any atom is -0.358 e. The highest BCUT2D eigenvalue weighted by Gasteiger charge is 2.24. The van der Waals surface area contributed by atoms with Crippen molar-refractivity contribution >= 4 is 16.9 Å². The van der Waals surface area contributed by atoms with Crippen molar-refractivity contribution in [3.8, 4) is 0 Å². The van der Waals surface area contributed by atoms with E-state index in [-0.39, 0.29) is 17.6 Å². The molecular formula is C17H23N3O. The number of H-pyrrole nitrogens is 1. The molecule has 0 radical (unpaired) electrons. The number of hydrogen-bond donors (Lipinski definition) is 3. The van der Waals surface area contributed by atoms with Crippen LogP contribution >= 0.6 is 0 Å². The Bertz CT molecular complexity index is 666. The summed E-state index contributed by atoms with van der Waals surface area (Å²) in [5, 5.41) is 7.37. The predicted octanol–water partition coefficient (Wildman–Crippen LogP) is 3.12. The van der Waals surface area contributed by atoms with Crippen LogP contribution in [0.5, 0.6) is 0 Å². The standard InChI is InChI=1S/C17H23N3O/c1-17(2,3)20-16(21)18-11-8-9-13-12-6-4-5-7-14(12)19-15(13)10-11/h4-7,11,19H,8-10H2,1-3H3,(H2,18,20,21). The van der Waals surface area contributed by atoms with E-state index < -0.39 is 0 Å². The fraction of sp³-hybridized carbons (Fsp3) is 0.471. The third kappa shape index (κ3) is 3.04. The zero-order chi connectivity index (χ0) is 15.0. The molecule has 0 bridgehead atoms. The van der Waals surface area contributed by atoms with Gasteiger partial charge < -0.3 is 15.6 Å². The maximum Gasteiger partial charge on any atom is 0.315 e. The number of para-hydroxylation sites is 1. The van der Waals surface area contributed by atoms with E-state index in [4.69, 9.17) is 0 Å². The third-order valence-electron chi connectivity index (χ3n) is 3.92. The van der Waals surface area contributed by atoms with Gasteiger partial charge in [0.1, 0.15) is 0 Å². The van der Waals surface area contributed by atoms with Gasteiger partial charge in [-0.1, -0.05) is 18.2 Å². The van der Waals surface area contributed by atoms with Crippen LogP contribution in [0, 0.1) is 0 Å². The lowest BCUT2D eigenvalue weighted by molar-refractivity contribution is 0.226. The smallest absolute Gasteiger partial charge is 0.315 e. The molecule has 1 heterocycles. The van der Waals surface area contributed by atoms with Crippen LogP contribution in [0.15, 0.2) is 24.3 Å². The van der Waals surface area contributed by atoms with Gasteiger partial charge in [-0.3, -0.25) is 0 Å². The van der Waals surface area contributed by atoms with Gasteiger partial charge in [-0.25, -0.2) is 4.79 Å². The Hall–Kier alpha value is -1.97. The first-order chi connectivity index (χ1) is 9.92. The van der Waals surface area contributed by atoms with Crippen LogP contribution in [-0.2, 0) is 12.8 Å². The zero-order valence-electron chi connectivity index (χ0n) is 12.9. The number of aromatic amines is 1. The average molecular weight is 285 g/mol. The summed E-state index contributed by atoms with van der Waals surface area (Å²) in [5.41, 5.74) is 3.68. The summed E-state index contributed by atoms with van der Waals surface area (Å²) in [6, 6.07) is 8.54. The number of aryl methyl sites for hydroxylation is 1. The van der Waals surface area contributed by atoms with Gasteiger partial charge in [0.2, 0.25) is 0 Å². The molecule has 4 nitrogen and oxygen atoms in total. The molecule has 2 aromatic rings. The molecule has 0 spiro atoms. The fourth-order valence-electron chi connectivity index (χ4n) is 3.07. The lowest BCUT2D eigenvalue weighted by Crippen LogP contribution is -2.50. The summed E-state index contributed by atoms with van der Waals surface area (Å²) in [7, 11) is 0. The second-order valence-corrected chi connectivity index (χ2v) is 6.92. The molecule has 1 aliphatic carbocycles. The minimum atomic E-state index is -0.203. The van der Waals surface area contributed by atoms with Crippen molar-refractivity contribution in [2.45, 2.75) is 51.6 Å². The van der Waals surface area contributed by atoms with E-state index in [1.165, 1.54) is 22.2 Å². The van der Waals surface area contributed by atoms with Crippen LogP contribution in [0.1, 0.15) is 38.4 Å². The Labute approximate surface area is 125 Å². The van der Waals surface area contributed by atoms with E-state index in [1.54, 1.807) is 0 Å². The van der Waals surface area contributed by atoms with Gasteiger partial charge in [0.25, 0.3) is 0 Å². The van der Waals surface area contributed by atoms with Crippen molar-refractivity contribution in [1.29, 1.82) is 0 Å². The Morgan fingerprint density at radius 2 is 2.05 bits per heavy atom. The SMILES string of the molecule is CC(C)(C)NC(=O)NC1CCc2c([nH]c3ccccc23)C1. The molecule has 1 aromatic heterocycles. The first-order valence-electron chi connectivity index (χ1n) is 7.59. The average Bonchev–Trinajstić information content (AvgIpc) is 2.73. The maximum absolute atomic E-state index is 12.0. The Kier molecular flexibility index (Phi) is 3.40. The predicted molar refractivity (Wildman–Crippen MR) is 85.5 cm³/mol. The number of rotatable bonds is 1. The summed E-state index contributed by atoms with van der Waals surface area (Å²) in [5.74, 6) is 0. The molecule has 1 unspecified atom stereocenters. The fourth-order valence-corrected chi connectivity index (χ4v) is 3.07. The molecular weight excluding hydrogens is 262 g/mol. The largest absolute Gasteiger partial charge is 0.358 e. The Morgan fingerprint density at radius 3 is 2.81 bits per heavy atom. The van der Waals surface area contributed by atoms with Gasteiger partial charge >= 0.3 is 6.03 Å². The maximum atomic E-state index is 12.0. The first kappa shape index (κ1) is 14.0. The highest BCUT2D eigenvalue weighted by Crippen LogP contribution is 2.28. The molecule has 1 aromatic carbocycles. The molecule has 2 amide bonds. The molecule has 0 aliphatic heterocycles. The lowest BCUT2D eigenvalue weighted by Gasteiger charge is -2.27. The Morgan fingerprint density at radius 1 is 1.29 bits per heavy atom. The van der Waals surface area contributed by atoms with Crippen molar-refractivity contribution in [2.24, 2.45) is 0 Å². The van der Waals surface area contributed by atoms with Gasteiger partial charge in [0.05, 0.1) is 0 Å². The van der Waals surface area contributed by atoms with Crippen LogP contribution < -0.4 is 10.6 Å². The van der Waals surface area contributed by atoms with E-state index in [9.17, 15) is 4.79 Å². The topological polar surface area (TPSA) is 56.9 Å². The molecule has 1 aliphatic rings. The second-order valence-electron chi connectivity index (χ2n) is 6.92. The first-order valence-corrected chi connectivity index (χ1v) is 7.59. The van der Waals surface area contributed by atoms with Crippen molar-refractivity contribution in [3.63, 3.8) is 0 Å². The number of carbonyl (C=O) groups is 1. The van der Waals surface area contributed by atoms with Crippen LogP contribution in [0.4, 0.5) is 4.79 Å². The highest BCUT2D eigenvalue weighted by atomic mass is 16.2. The van der Waals surface area contributed by atoms with Crippen molar-refractivity contribution in [2.75, 3.05) is 0 Å². The van der Waals surface area contributed by atoms with Gasteiger partial charge in [0, 0.05) is 34.6 Å². The Balaban J connectivity index is 1.71. The van der Waals surface area contributed by atoms with Gasteiger partial charge in [-0.2, -0.15) is 0 Å². The summed E-state index contributed by atoms with van der Waals surface area (Å²) >= 11 is 0. The van der Waals surface area contributed by atoms with Crippen molar-refractivity contribution < 1.29 is 4.79 Å². The molecule has 4 heteroatoms. The van der Waals surface area contributed by atoms with E-state index in [0.29, 0.717) is 0 Å². The van der Waals surface area contributed by atoms with Crippen LogP contribution in [0.3, 0.4) is 0 Å². The molecule has 112 valence electrons. The van der Waals surface area contributed by atoms with Crippen LogP contribution in [0.25, 0.3) is 10.9 Å². The molecule has 21 heavy (non-hydrogen) atoms. The number of urea groups is 1. The molecule has 0 saturated carbocycles. The van der Waals surface area contributed by atoms with Crippen molar-refractivity contribution in [3.05, 3.63) is 35.5 Å². The van der Waals surface area contributed by atoms with Gasteiger partial charge in [-0.05, 0) is 45.2 Å². The second kappa shape index (κ2) is 5.10. The summed E-state index contributed by atoms with van der Waals surface area (Å²) in [6.07, 6.45) is 2.88. The van der Waals surface area contributed by atoms with Gasteiger partial charge in [-0.15, -0.1) is 0 Å². The summed E-state index contributed by atoms with van der Waals surface area (Å²) in [4.78, 5) is 15.5. The van der Waals surface area contributed by atoms with Crippen LogP contribution in [0.2, 0.25) is 0 Å². The number of benzene rings is 1. The minimum absolute atomic E-state index is 0.0768. The highest BCUT2D eigenvalue weighted by molar-refractivity contribution is 5.85. The summed E-state index contributed by atoms with van der Waals surface area (Å²) in [6.45, 7) is 5.97. The van der Waals surface area contributed by atoms with Crippen molar-refractivity contribution in [1.82, 2.24) is 15.6 Å². The molecule has 3 rings (SSSR count). The number of hydrogen-bond acceptors (Lipinski definition) is 1. The molecule has 1 atom stereocenters. The van der Waals surface area contributed by atoms with Crippen LogP contribution in [-0.4, -0.2) is 22.6 Å². The van der Waals surface area contributed by atoms with E-state index in [1.807, 2.05) is 20.8 Å². The van der Waals surface area contributed by atoms with E-state index in [2.05, 4.69) is 39.9 Å². The van der Waals surface area contributed by atoms with E-state index in [0.717, 1.165) is 19.3 Å². The zero-order valence-corrected chi connectivity index (χ0v) is 12.9. The number of aromatic nitrogens is 1. The molecule has 3 N–H and O–H groups in total. The van der Waals surface area contributed by atoms with E-state index >= 15 is 0 Å². The number of fused-ring (bicyclic) bond motifs is 3. The number of amides is 2. The number of carbonyl (C=O) groups excluding carboxylic acids is 1. The monoisotopic (exact) mass is 285 g/mol. The quantitative estimate of drug-likeness (QED) is 0.741. The normalized spacial score (nSPS) is 18.3. The molecule has 0 fully saturated rings. The number of nitrogens with one attached hydrogen (secondary N) is 3. The third-order valence-corrected chi connectivity index (χ3v) is 3.92. The van der Waals surface area contributed by atoms with Gasteiger partial charge in [0.15, 0.2) is 0 Å². The lowest BCUT2D eigenvalue weighted by atomic mass is 9.92. The molecule has 0 saturated heterocycles.